The van der Waals surface area contributed by atoms with E-state index in [1.54, 1.807) is 25.1 Å². The lowest BCUT2D eigenvalue weighted by Crippen LogP contribution is -2.14. The molecule has 0 fully saturated rings. The van der Waals surface area contributed by atoms with Crippen LogP contribution in [0.25, 0.3) is 0 Å². The van der Waals surface area contributed by atoms with Crippen LogP contribution in [0.15, 0.2) is 42.5 Å². The topological polar surface area (TPSA) is 108 Å². The number of rotatable bonds is 8. The Morgan fingerprint density at radius 2 is 1.96 bits per heavy atom. The van der Waals surface area contributed by atoms with Crippen LogP contribution in [0.3, 0.4) is 0 Å². The lowest BCUT2D eigenvalue weighted by Gasteiger charge is -2.09. The zero-order valence-corrected chi connectivity index (χ0v) is 15.1. The van der Waals surface area contributed by atoms with Crippen LogP contribution >= 0.6 is 0 Å². The van der Waals surface area contributed by atoms with Gasteiger partial charge in [-0.3, -0.25) is 19.7 Å². The van der Waals surface area contributed by atoms with Gasteiger partial charge in [0.1, 0.15) is 11.3 Å². The van der Waals surface area contributed by atoms with E-state index in [2.05, 4.69) is 5.32 Å². The van der Waals surface area contributed by atoms with Gasteiger partial charge < -0.3 is 14.8 Å². The predicted octanol–water partition coefficient (Wildman–Crippen LogP) is 3.35. The maximum Gasteiger partial charge on any atom is 0.306 e. The predicted molar refractivity (Wildman–Crippen MR) is 99.0 cm³/mol. The van der Waals surface area contributed by atoms with Crippen LogP contribution in [0.1, 0.15) is 29.3 Å². The Morgan fingerprint density at radius 3 is 2.63 bits per heavy atom. The zero-order chi connectivity index (χ0) is 19.8. The first kappa shape index (κ1) is 19.9. The molecule has 1 N–H and O–H groups in total. The summed E-state index contributed by atoms with van der Waals surface area (Å²) in [6, 6.07) is 11.0. The Kier molecular flexibility index (Phi) is 6.87. The van der Waals surface area contributed by atoms with Crippen molar-refractivity contribution >= 4 is 23.3 Å². The lowest BCUT2D eigenvalue weighted by atomic mass is 10.1. The van der Waals surface area contributed by atoms with Crippen LogP contribution in [-0.4, -0.2) is 30.5 Å². The minimum Gasteiger partial charge on any atom is -0.497 e. The van der Waals surface area contributed by atoms with Gasteiger partial charge in [0.2, 0.25) is 0 Å². The Morgan fingerprint density at radius 1 is 1.19 bits per heavy atom. The summed E-state index contributed by atoms with van der Waals surface area (Å²) in [5.41, 5.74) is 0.902. The molecule has 8 nitrogen and oxygen atoms in total. The standard InChI is InChI=1S/C19H20N2O6/c1-3-27-18(22)10-7-13-5-4-6-14(11-13)20-19(23)16-9-8-15(26-2)12-17(16)21(24)25/h4-6,8-9,11-12H,3,7,10H2,1-2H3,(H,20,23). The maximum atomic E-state index is 12.5. The highest BCUT2D eigenvalue weighted by Crippen LogP contribution is 2.25. The molecule has 2 rings (SSSR count). The van der Waals surface area contributed by atoms with Crippen molar-refractivity contribution in [3.8, 4) is 5.75 Å². The van der Waals surface area contributed by atoms with Gasteiger partial charge >= 0.3 is 5.97 Å². The number of nitro groups is 1. The lowest BCUT2D eigenvalue weighted by molar-refractivity contribution is -0.385. The first-order chi connectivity index (χ1) is 12.9. The van der Waals surface area contributed by atoms with E-state index in [4.69, 9.17) is 9.47 Å². The third-order valence-electron chi connectivity index (χ3n) is 3.75. The van der Waals surface area contributed by atoms with Crippen molar-refractivity contribution in [2.45, 2.75) is 19.8 Å². The van der Waals surface area contributed by atoms with Gasteiger partial charge in [-0.05, 0) is 43.2 Å². The molecule has 0 aliphatic rings. The van der Waals surface area contributed by atoms with E-state index in [1.807, 2.05) is 6.07 Å². The van der Waals surface area contributed by atoms with Crippen molar-refractivity contribution in [1.29, 1.82) is 0 Å². The number of aryl methyl sites for hydroxylation is 1. The summed E-state index contributed by atoms with van der Waals surface area (Å²) < 4.78 is 9.85. The van der Waals surface area contributed by atoms with E-state index < -0.39 is 10.8 Å². The van der Waals surface area contributed by atoms with E-state index in [9.17, 15) is 19.7 Å². The summed E-state index contributed by atoms with van der Waals surface area (Å²) in [4.78, 5) is 34.5. The number of esters is 1. The average Bonchev–Trinajstić information content (AvgIpc) is 2.66. The van der Waals surface area contributed by atoms with E-state index >= 15 is 0 Å². The molecule has 0 spiro atoms. The fraction of sp³-hybridized carbons (Fsp3) is 0.263. The first-order valence-electron chi connectivity index (χ1n) is 8.33. The second kappa shape index (κ2) is 9.33. The number of carbonyl (C=O) groups is 2. The Balaban J connectivity index is 2.13. The van der Waals surface area contributed by atoms with Crippen molar-refractivity contribution in [2.24, 2.45) is 0 Å². The number of methoxy groups -OCH3 is 1. The summed E-state index contributed by atoms with van der Waals surface area (Å²) in [6.45, 7) is 2.07. The molecule has 8 heteroatoms. The molecule has 0 radical (unpaired) electrons. The van der Waals surface area contributed by atoms with Crippen molar-refractivity contribution < 1.29 is 24.0 Å². The molecule has 0 bridgehead atoms. The quantitative estimate of drug-likeness (QED) is 0.432. The Bertz CT molecular complexity index is 850. The summed E-state index contributed by atoms with van der Waals surface area (Å²) in [5.74, 6) is -0.605. The van der Waals surface area contributed by atoms with Gasteiger partial charge in [-0.1, -0.05) is 12.1 Å². The number of nitro benzene ring substituents is 1. The number of hydrogen-bond acceptors (Lipinski definition) is 6. The molecule has 0 atom stereocenters. The van der Waals surface area contributed by atoms with Crippen LogP contribution in [-0.2, 0) is 16.0 Å². The molecule has 0 saturated heterocycles. The van der Waals surface area contributed by atoms with Crippen LogP contribution in [0.2, 0.25) is 0 Å². The van der Waals surface area contributed by atoms with E-state index in [0.29, 0.717) is 24.5 Å². The molecule has 0 aliphatic heterocycles. The molecule has 0 unspecified atom stereocenters. The van der Waals surface area contributed by atoms with Crippen molar-refractivity contribution in [1.82, 2.24) is 0 Å². The minimum atomic E-state index is -0.632. The van der Waals surface area contributed by atoms with Crippen molar-refractivity contribution in [3.63, 3.8) is 0 Å². The summed E-state index contributed by atoms with van der Waals surface area (Å²) >= 11 is 0. The monoisotopic (exact) mass is 372 g/mol. The SMILES string of the molecule is CCOC(=O)CCc1cccc(NC(=O)c2ccc(OC)cc2[N+](=O)[O-])c1. The number of carbonyl (C=O) groups excluding carboxylic acids is 2. The van der Waals surface area contributed by atoms with Gasteiger partial charge in [0, 0.05) is 12.1 Å². The van der Waals surface area contributed by atoms with Gasteiger partial charge in [-0.25, -0.2) is 0 Å². The van der Waals surface area contributed by atoms with Crippen LogP contribution in [0.4, 0.5) is 11.4 Å². The highest BCUT2D eigenvalue weighted by atomic mass is 16.6. The number of amides is 1. The summed E-state index contributed by atoms with van der Waals surface area (Å²) in [5, 5.41) is 13.9. The second-order valence-corrected chi connectivity index (χ2v) is 5.60. The van der Waals surface area contributed by atoms with E-state index in [0.717, 1.165) is 5.56 Å². The van der Waals surface area contributed by atoms with Crippen LogP contribution in [0, 0.1) is 10.1 Å². The largest absolute Gasteiger partial charge is 0.497 e. The normalized spacial score (nSPS) is 10.1. The van der Waals surface area contributed by atoms with Gasteiger partial charge in [0.15, 0.2) is 0 Å². The molecule has 142 valence electrons. The van der Waals surface area contributed by atoms with Gasteiger partial charge in [0.25, 0.3) is 11.6 Å². The first-order valence-corrected chi connectivity index (χ1v) is 8.33. The highest BCUT2D eigenvalue weighted by Gasteiger charge is 2.21. The zero-order valence-electron chi connectivity index (χ0n) is 15.1. The third-order valence-corrected chi connectivity index (χ3v) is 3.75. The van der Waals surface area contributed by atoms with Crippen LogP contribution in [0.5, 0.6) is 5.75 Å². The molecule has 2 aromatic carbocycles. The molecule has 0 heterocycles. The molecular formula is C19H20N2O6. The number of hydrogen-bond donors (Lipinski definition) is 1. The minimum absolute atomic E-state index is 0.0715. The van der Waals surface area contributed by atoms with E-state index in [-0.39, 0.29) is 23.6 Å². The highest BCUT2D eigenvalue weighted by molar-refractivity contribution is 6.07. The molecule has 0 aromatic heterocycles. The number of anilines is 1. The van der Waals surface area contributed by atoms with E-state index in [1.165, 1.54) is 25.3 Å². The molecule has 27 heavy (non-hydrogen) atoms. The second-order valence-electron chi connectivity index (χ2n) is 5.60. The van der Waals surface area contributed by atoms with Crippen molar-refractivity contribution in [2.75, 3.05) is 19.0 Å². The number of nitrogens with one attached hydrogen (secondary N) is 1. The molecule has 1 amide bonds. The van der Waals surface area contributed by atoms with Gasteiger partial charge in [-0.2, -0.15) is 0 Å². The van der Waals surface area contributed by atoms with Gasteiger partial charge in [0.05, 0.1) is 24.7 Å². The maximum absolute atomic E-state index is 12.5. The Hall–Kier alpha value is -3.42. The third kappa shape index (κ3) is 5.53. The number of benzene rings is 2. The van der Waals surface area contributed by atoms with Crippen molar-refractivity contribution in [3.05, 3.63) is 63.7 Å². The Labute approximate surface area is 156 Å². The fourth-order valence-corrected chi connectivity index (χ4v) is 2.46. The summed E-state index contributed by atoms with van der Waals surface area (Å²) in [7, 11) is 1.39. The fourth-order valence-electron chi connectivity index (χ4n) is 2.46. The summed E-state index contributed by atoms with van der Waals surface area (Å²) in [6.07, 6.45) is 0.695. The number of nitrogens with zero attached hydrogens (tertiary/aromatic N) is 1. The smallest absolute Gasteiger partial charge is 0.306 e. The average molecular weight is 372 g/mol. The molecule has 2 aromatic rings. The van der Waals surface area contributed by atoms with Gasteiger partial charge in [-0.15, -0.1) is 0 Å². The molecule has 0 saturated carbocycles. The molecule has 0 aliphatic carbocycles. The molecular weight excluding hydrogens is 352 g/mol. The number of ether oxygens (including phenoxy) is 2. The van der Waals surface area contributed by atoms with Crippen LogP contribution < -0.4 is 10.1 Å².